The Kier molecular flexibility index (Phi) is 8.12. The summed E-state index contributed by atoms with van der Waals surface area (Å²) in [6, 6.07) is 6.96. The molecule has 5 heteroatoms. The lowest BCUT2D eigenvalue weighted by Gasteiger charge is -2.33. The molecule has 0 aliphatic rings. The molecule has 0 aromatic heterocycles. The fourth-order valence-electron chi connectivity index (χ4n) is 2.79. The van der Waals surface area contributed by atoms with Crippen molar-refractivity contribution >= 4 is 11.9 Å². The highest BCUT2D eigenvalue weighted by molar-refractivity contribution is 5.84. The van der Waals surface area contributed by atoms with Crippen LogP contribution in [0.25, 0.3) is 0 Å². The fourth-order valence-corrected chi connectivity index (χ4v) is 2.79. The molecule has 5 nitrogen and oxygen atoms in total. The van der Waals surface area contributed by atoms with Crippen LogP contribution in [0.3, 0.4) is 0 Å². The Morgan fingerprint density at radius 2 is 1.65 bits per heavy atom. The minimum Gasteiger partial charge on any atom is -0.497 e. The molecule has 0 radical (unpaired) electrons. The third kappa shape index (κ3) is 7.06. The van der Waals surface area contributed by atoms with Crippen molar-refractivity contribution in [2.75, 3.05) is 14.2 Å². The molecule has 26 heavy (non-hydrogen) atoms. The quantitative estimate of drug-likeness (QED) is 0.654. The maximum atomic E-state index is 13.0. The van der Waals surface area contributed by atoms with Gasteiger partial charge in [-0.2, -0.15) is 0 Å². The van der Waals surface area contributed by atoms with Gasteiger partial charge in [-0.3, -0.25) is 4.79 Å². The second kappa shape index (κ2) is 9.60. The first kappa shape index (κ1) is 22.0. The summed E-state index contributed by atoms with van der Waals surface area (Å²) in [6.07, 6.45) is 0.938. The van der Waals surface area contributed by atoms with Crippen LogP contribution in [0.2, 0.25) is 0 Å². The van der Waals surface area contributed by atoms with Crippen molar-refractivity contribution in [2.24, 2.45) is 11.3 Å². The normalized spacial score (nSPS) is 12.6. The molecule has 1 rings (SSSR count). The Hall–Kier alpha value is -2.04. The molecule has 1 atom stereocenters. The predicted molar refractivity (Wildman–Crippen MR) is 103 cm³/mol. The van der Waals surface area contributed by atoms with E-state index >= 15 is 0 Å². The van der Waals surface area contributed by atoms with E-state index in [1.807, 2.05) is 58.9 Å². The molecule has 0 N–H and O–H groups in total. The van der Waals surface area contributed by atoms with Gasteiger partial charge in [0.05, 0.1) is 14.2 Å². The van der Waals surface area contributed by atoms with Crippen LogP contribution in [0, 0.1) is 11.3 Å². The number of benzene rings is 1. The van der Waals surface area contributed by atoms with Gasteiger partial charge in [-0.05, 0) is 35.4 Å². The smallest absolute Gasteiger partial charge is 0.328 e. The summed E-state index contributed by atoms with van der Waals surface area (Å²) in [4.78, 5) is 27.1. The van der Waals surface area contributed by atoms with Crippen molar-refractivity contribution < 1.29 is 19.1 Å². The molecule has 1 amide bonds. The largest absolute Gasteiger partial charge is 0.497 e. The predicted octanol–water partition coefficient (Wildman–Crippen LogP) is 4.05. The monoisotopic (exact) mass is 363 g/mol. The first-order valence-electron chi connectivity index (χ1n) is 9.07. The first-order chi connectivity index (χ1) is 12.1. The van der Waals surface area contributed by atoms with E-state index in [4.69, 9.17) is 9.47 Å². The maximum Gasteiger partial charge on any atom is 0.328 e. The highest BCUT2D eigenvalue weighted by atomic mass is 16.5. The van der Waals surface area contributed by atoms with Crippen LogP contribution in [0.1, 0.15) is 53.0 Å². The lowest BCUT2D eigenvalue weighted by molar-refractivity contribution is -0.155. The van der Waals surface area contributed by atoms with E-state index in [-0.39, 0.29) is 23.2 Å². The van der Waals surface area contributed by atoms with Gasteiger partial charge < -0.3 is 14.4 Å². The summed E-state index contributed by atoms with van der Waals surface area (Å²) in [5.41, 5.74) is 0.791. The standard InChI is InChI=1S/C21H33NO4/c1-15(2)12-18(20(24)26-7)22(19(23)13-21(3,4)5)14-16-8-10-17(25-6)11-9-16/h8-11,15,18H,12-14H2,1-7H3. The summed E-state index contributed by atoms with van der Waals surface area (Å²) in [5, 5.41) is 0. The third-order valence-electron chi connectivity index (χ3n) is 4.06. The number of ether oxygens (including phenoxy) is 2. The highest BCUT2D eigenvalue weighted by Gasteiger charge is 2.33. The van der Waals surface area contributed by atoms with Crippen LogP contribution < -0.4 is 4.74 Å². The van der Waals surface area contributed by atoms with Crippen LogP contribution in [0.4, 0.5) is 0 Å². The van der Waals surface area contributed by atoms with Crippen molar-refractivity contribution in [1.82, 2.24) is 4.90 Å². The van der Waals surface area contributed by atoms with E-state index in [0.29, 0.717) is 19.4 Å². The van der Waals surface area contributed by atoms with Crippen LogP contribution in [-0.4, -0.2) is 37.0 Å². The zero-order valence-corrected chi connectivity index (χ0v) is 17.2. The summed E-state index contributed by atoms with van der Waals surface area (Å²) in [7, 11) is 2.99. The Bertz CT molecular complexity index is 587. The molecule has 146 valence electrons. The lowest BCUT2D eigenvalue weighted by atomic mass is 9.90. The van der Waals surface area contributed by atoms with Crippen LogP contribution in [0.15, 0.2) is 24.3 Å². The van der Waals surface area contributed by atoms with Gasteiger partial charge in [0.25, 0.3) is 0 Å². The van der Waals surface area contributed by atoms with Gasteiger partial charge in [-0.15, -0.1) is 0 Å². The number of rotatable bonds is 8. The van der Waals surface area contributed by atoms with Crippen molar-refractivity contribution in [1.29, 1.82) is 0 Å². The number of hydrogen-bond donors (Lipinski definition) is 0. The second-order valence-electron chi connectivity index (χ2n) is 8.28. The van der Waals surface area contributed by atoms with Gasteiger partial charge in [0.1, 0.15) is 11.8 Å². The number of methoxy groups -OCH3 is 2. The molecule has 0 heterocycles. The molecule has 0 spiro atoms. The van der Waals surface area contributed by atoms with Crippen LogP contribution in [0.5, 0.6) is 5.75 Å². The Morgan fingerprint density at radius 3 is 2.08 bits per heavy atom. The average Bonchev–Trinajstić information content (AvgIpc) is 2.56. The number of hydrogen-bond acceptors (Lipinski definition) is 4. The molecule has 0 fully saturated rings. The van der Waals surface area contributed by atoms with Crippen molar-refractivity contribution in [2.45, 2.75) is 60.0 Å². The zero-order chi connectivity index (χ0) is 19.9. The molecule has 0 aliphatic heterocycles. The van der Waals surface area contributed by atoms with Crippen LogP contribution >= 0.6 is 0 Å². The molecule has 1 aromatic carbocycles. The summed E-state index contributed by atoms with van der Waals surface area (Å²) < 4.78 is 10.2. The van der Waals surface area contributed by atoms with E-state index < -0.39 is 6.04 Å². The molecule has 0 saturated carbocycles. The van der Waals surface area contributed by atoms with E-state index in [1.165, 1.54) is 7.11 Å². The maximum absolute atomic E-state index is 13.0. The number of carbonyl (C=O) groups is 2. The van der Waals surface area contributed by atoms with Gasteiger partial charge in [0.2, 0.25) is 5.91 Å². The number of nitrogens with zero attached hydrogens (tertiary/aromatic N) is 1. The van der Waals surface area contributed by atoms with Gasteiger partial charge in [0.15, 0.2) is 0 Å². The summed E-state index contributed by atoms with van der Waals surface area (Å²) in [6.45, 7) is 10.5. The molecule has 1 unspecified atom stereocenters. The SMILES string of the molecule is COC(=O)C(CC(C)C)N(Cc1ccc(OC)cc1)C(=O)CC(C)(C)C. The van der Waals surface area contributed by atoms with E-state index in [2.05, 4.69) is 0 Å². The second-order valence-corrected chi connectivity index (χ2v) is 8.28. The summed E-state index contributed by atoms with van der Waals surface area (Å²) >= 11 is 0. The minimum absolute atomic E-state index is 0.0376. The molecule has 0 saturated heterocycles. The third-order valence-corrected chi connectivity index (χ3v) is 4.06. The fraction of sp³-hybridized carbons (Fsp3) is 0.619. The Balaban J connectivity index is 3.16. The first-order valence-corrected chi connectivity index (χ1v) is 9.07. The Morgan fingerprint density at radius 1 is 1.08 bits per heavy atom. The molecule has 1 aromatic rings. The minimum atomic E-state index is -0.586. The lowest BCUT2D eigenvalue weighted by Crippen LogP contribution is -2.46. The van der Waals surface area contributed by atoms with Crippen molar-refractivity contribution in [3.05, 3.63) is 29.8 Å². The topological polar surface area (TPSA) is 55.8 Å². The average molecular weight is 363 g/mol. The van der Waals surface area contributed by atoms with E-state index in [1.54, 1.807) is 12.0 Å². The molecule has 0 aliphatic carbocycles. The molecular weight excluding hydrogens is 330 g/mol. The van der Waals surface area contributed by atoms with Gasteiger partial charge >= 0.3 is 5.97 Å². The number of esters is 1. The van der Waals surface area contributed by atoms with Crippen LogP contribution in [-0.2, 0) is 20.9 Å². The van der Waals surface area contributed by atoms with Crippen molar-refractivity contribution in [3.63, 3.8) is 0 Å². The number of carbonyl (C=O) groups excluding carboxylic acids is 2. The number of amides is 1. The summed E-state index contributed by atoms with van der Waals surface area (Å²) in [5.74, 6) is 0.617. The van der Waals surface area contributed by atoms with Crippen molar-refractivity contribution in [3.8, 4) is 5.75 Å². The Labute approximate surface area is 157 Å². The van der Waals surface area contributed by atoms with Gasteiger partial charge in [-0.25, -0.2) is 4.79 Å². The van der Waals surface area contributed by atoms with E-state index in [0.717, 1.165) is 11.3 Å². The zero-order valence-electron chi connectivity index (χ0n) is 17.2. The van der Waals surface area contributed by atoms with E-state index in [9.17, 15) is 9.59 Å². The molecular formula is C21H33NO4. The highest BCUT2D eigenvalue weighted by Crippen LogP contribution is 2.25. The molecule has 0 bridgehead atoms. The van der Waals surface area contributed by atoms with Gasteiger partial charge in [-0.1, -0.05) is 46.8 Å². The van der Waals surface area contributed by atoms with Gasteiger partial charge in [0, 0.05) is 13.0 Å².